The fraction of sp³-hybridized carbons (Fsp3) is 0.583. The highest BCUT2D eigenvalue weighted by Crippen LogP contribution is 2.33. The zero-order valence-electron chi connectivity index (χ0n) is 18.8. The summed E-state index contributed by atoms with van der Waals surface area (Å²) >= 11 is 1.79. The Morgan fingerprint density at radius 1 is 1.03 bits per heavy atom. The van der Waals surface area contributed by atoms with Crippen LogP contribution in [0.1, 0.15) is 42.9 Å². The Morgan fingerprint density at radius 2 is 1.87 bits per heavy atom. The molecule has 0 radical (unpaired) electrons. The number of nitrogens with zero attached hydrogens (tertiary/aromatic N) is 4. The summed E-state index contributed by atoms with van der Waals surface area (Å²) in [4.78, 5) is 14.5. The van der Waals surface area contributed by atoms with Crippen LogP contribution >= 0.6 is 11.8 Å². The zero-order valence-corrected chi connectivity index (χ0v) is 19.6. The van der Waals surface area contributed by atoms with E-state index in [1.54, 1.807) is 26.0 Å². The molecule has 1 aromatic carbocycles. The van der Waals surface area contributed by atoms with E-state index in [4.69, 9.17) is 14.5 Å². The molecule has 0 bridgehead atoms. The third-order valence-corrected chi connectivity index (χ3v) is 7.14. The number of ether oxygens (including phenoxy) is 2. The van der Waals surface area contributed by atoms with Crippen molar-refractivity contribution in [1.82, 2.24) is 19.8 Å². The molecule has 4 rings (SSSR count). The lowest BCUT2D eigenvalue weighted by Crippen LogP contribution is -2.34. The van der Waals surface area contributed by atoms with Gasteiger partial charge in [-0.25, -0.2) is 9.97 Å². The van der Waals surface area contributed by atoms with Crippen molar-refractivity contribution in [3.8, 4) is 11.5 Å². The number of hydrogen-bond donors (Lipinski definition) is 0. The van der Waals surface area contributed by atoms with Gasteiger partial charge in [0.15, 0.2) is 16.7 Å². The van der Waals surface area contributed by atoms with Crippen LogP contribution in [0.15, 0.2) is 35.6 Å². The van der Waals surface area contributed by atoms with Gasteiger partial charge in [-0.15, -0.1) is 0 Å². The van der Waals surface area contributed by atoms with E-state index in [-0.39, 0.29) is 0 Å². The van der Waals surface area contributed by atoms with Gasteiger partial charge >= 0.3 is 0 Å². The van der Waals surface area contributed by atoms with Gasteiger partial charge in [0.2, 0.25) is 0 Å². The minimum atomic E-state index is 0.450. The van der Waals surface area contributed by atoms with E-state index in [0.29, 0.717) is 5.92 Å². The molecule has 2 aliphatic rings. The monoisotopic (exact) mass is 442 g/mol. The van der Waals surface area contributed by atoms with E-state index in [1.807, 2.05) is 18.3 Å². The Bertz CT molecular complexity index is 844. The highest BCUT2D eigenvalue weighted by molar-refractivity contribution is 7.99. The minimum Gasteiger partial charge on any atom is -0.493 e. The van der Waals surface area contributed by atoms with Crippen molar-refractivity contribution in [2.75, 3.05) is 52.7 Å². The standard InChI is InChI=1S/C24H34N4O2S/c1-29-22-9-5-7-20(23(22)30-2)18-28-14-6-8-19(17-28)21-10-11-25-24(26-21)31-16-15-27-12-3-4-13-27/h5,7,9-11,19H,3-4,6,8,12-18H2,1-2H3. The van der Waals surface area contributed by atoms with Crippen LogP contribution in [0.2, 0.25) is 0 Å². The van der Waals surface area contributed by atoms with E-state index in [9.17, 15) is 0 Å². The number of hydrogen-bond acceptors (Lipinski definition) is 7. The Morgan fingerprint density at radius 3 is 2.68 bits per heavy atom. The smallest absolute Gasteiger partial charge is 0.187 e. The molecule has 168 valence electrons. The van der Waals surface area contributed by atoms with Gasteiger partial charge in [0.25, 0.3) is 0 Å². The highest BCUT2D eigenvalue weighted by Gasteiger charge is 2.24. The molecule has 0 spiro atoms. The predicted molar refractivity (Wildman–Crippen MR) is 125 cm³/mol. The first-order chi connectivity index (χ1) is 15.3. The number of benzene rings is 1. The van der Waals surface area contributed by atoms with Crippen molar-refractivity contribution >= 4 is 11.8 Å². The molecule has 2 aliphatic heterocycles. The van der Waals surface area contributed by atoms with Crippen molar-refractivity contribution < 1.29 is 9.47 Å². The lowest BCUT2D eigenvalue weighted by Gasteiger charge is -2.33. The second-order valence-corrected chi connectivity index (χ2v) is 9.45. The molecule has 3 heterocycles. The van der Waals surface area contributed by atoms with Gasteiger partial charge < -0.3 is 14.4 Å². The molecular weight excluding hydrogens is 408 g/mol. The molecule has 2 fully saturated rings. The molecular formula is C24H34N4O2S. The highest BCUT2D eigenvalue weighted by atomic mass is 32.2. The number of likely N-dealkylation sites (tertiary alicyclic amines) is 2. The Hall–Kier alpha value is -1.83. The summed E-state index contributed by atoms with van der Waals surface area (Å²) in [7, 11) is 3.40. The predicted octanol–water partition coefficient (Wildman–Crippen LogP) is 4.06. The topological polar surface area (TPSA) is 50.7 Å². The van der Waals surface area contributed by atoms with Gasteiger partial charge in [-0.05, 0) is 57.5 Å². The average Bonchev–Trinajstić information content (AvgIpc) is 3.33. The van der Waals surface area contributed by atoms with Crippen LogP contribution < -0.4 is 9.47 Å². The lowest BCUT2D eigenvalue weighted by molar-refractivity contribution is 0.195. The van der Waals surface area contributed by atoms with Crippen LogP contribution in [-0.4, -0.2) is 72.5 Å². The van der Waals surface area contributed by atoms with Gasteiger partial charge in [0.1, 0.15) is 0 Å². The molecule has 6 nitrogen and oxygen atoms in total. The first kappa shape index (κ1) is 22.4. The summed E-state index contributed by atoms with van der Waals surface area (Å²) < 4.78 is 11.1. The van der Waals surface area contributed by atoms with Crippen LogP contribution in [0.25, 0.3) is 0 Å². The lowest BCUT2D eigenvalue weighted by atomic mass is 9.94. The summed E-state index contributed by atoms with van der Waals surface area (Å²) in [5.74, 6) is 3.15. The van der Waals surface area contributed by atoms with Gasteiger partial charge in [0, 0.05) is 48.8 Å². The van der Waals surface area contributed by atoms with Gasteiger partial charge in [-0.2, -0.15) is 0 Å². The minimum absolute atomic E-state index is 0.450. The molecule has 2 aromatic rings. The number of thioether (sulfide) groups is 1. The largest absolute Gasteiger partial charge is 0.493 e. The molecule has 0 N–H and O–H groups in total. The maximum atomic E-state index is 5.63. The second-order valence-electron chi connectivity index (χ2n) is 8.39. The van der Waals surface area contributed by atoms with Gasteiger partial charge in [-0.1, -0.05) is 23.9 Å². The van der Waals surface area contributed by atoms with Crippen molar-refractivity contribution in [3.63, 3.8) is 0 Å². The molecule has 7 heteroatoms. The zero-order chi connectivity index (χ0) is 21.5. The fourth-order valence-electron chi connectivity index (χ4n) is 4.68. The van der Waals surface area contributed by atoms with E-state index in [1.165, 1.54) is 50.0 Å². The van der Waals surface area contributed by atoms with Crippen molar-refractivity contribution in [1.29, 1.82) is 0 Å². The fourth-order valence-corrected chi connectivity index (χ4v) is 5.52. The first-order valence-corrected chi connectivity index (χ1v) is 12.4. The quantitative estimate of drug-likeness (QED) is 0.429. The van der Waals surface area contributed by atoms with Crippen molar-refractivity contribution in [3.05, 3.63) is 41.7 Å². The summed E-state index contributed by atoms with van der Waals surface area (Å²) in [6.45, 7) is 6.60. The Labute approximate surface area is 190 Å². The molecule has 0 amide bonds. The summed E-state index contributed by atoms with van der Waals surface area (Å²) in [5.41, 5.74) is 2.35. The van der Waals surface area contributed by atoms with Crippen LogP contribution in [0.5, 0.6) is 11.5 Å². The Kier molecular flexibility index (Phi) is 8.05. The van der Waals surface area contributed by atoms with Gasteiger partial charge in [-0.3, -0.25) is 4.90 Å². The molecule has 1 atom stereocenters. The first-order valence-electron chi connectivity index (χ1n) is 11.4. The molecule has 2 saturated heterocycles. The van der Waals surface area contributed by atoms with E-state index in [0.717, 1.165) is 48.6 Å². The third kappa shape index (κ3) is 5.90. The number of para-hydroxylation sites is 1. The van der Waals surface area contributed by atoms with Crippen LogP contribution in [0, 0.1) is 0 Å². The van der Waals surface area contributed by atoms with Crippen LogP contribution in [0.4, 0.5) is 0 Å². The summed E-state index contributed by atoms with van der Waals surface area (Å²) in [6, 6.07) is 8.22. The summed E-state index contributed by atoms with van der Waals surface area (Å²) in [6.07, 6.45) is 6.98. The molecule has 1 unspecified atom stereocenters. The number of rotatable bonds is 9. The molecule has 1 aromatic heterocycles. The number of aromatic nitrogens is 2. The summed E-state index contributed by atoms with van der Waals surface area (Å²) in [5, 5.41) is 0.920. The Balaban J connectivity index is 1.36. The van der Waals surface area contributed by atoms with Crippen LogP contribution in [-0.2, 0) is 6.54 Å². The van der Waals surface area contributed by atoms with Gasteiger partial charge in [0.05, 0.1) is 14.2 Å². The third-order valence-electron chi connectivity index (χ3n) is 6.29. The van der Waals surface area contributed by atoms with E-state index < -0.39 is 0 Å². The number of piperidine rings is 1. The van der Waals surface area contributed by atoms with Crippen molar-refractivity contribution in [2.24, 2.45) is 0 Å². The molecule has 0 saturated carbocycles. The van der Waals surface area contributed by atoms with Crippen LogP contribution in [0.3, 0.4) is 0 Å². The average molecular weight is 443 g/mol. The van der Waals surface area contributed by atoms with E-state index >= 15 is 0 Å². The molecule has 0 aliphatic carbocycles. The van der Waals surface area contributed by atoms with E-state index in [2.05, 4.69) is 26.9 Å². The maximum absolute atomic E-state index is 5.63. The maximum Gasteiger partial charge on any atom is 0.187 e. The second kappa shape index (κ2) is 11.2. The van der Waals surface area contributed by atoms with Crippen molar-refractivity contribution in [2.45, 2.75) is 43.3 Å². The SMILES string of the molecule is COc1cccc(CN2CCCC(c3ccnc(SCCN4CCCC4)n3)C2)c1OC. The molecule has 31 heavy (non-hydrogen) atoms. The number of methoxy groups -OCH3 is 2. The normalized spacial score (nSPS) is 20.1.